The summed E-state index contributed by atoms with van der Waals surface area (Å²) in [4.78, 5) is 2.44. The summed E-state index contributed by atoms with van der Waals surface area (Å²) in [6.45, 7) is 10.5. The fraction of sp³-hybridized carbons (Fsp3) is 1.00. The van der Waals surface area contributed by atoms with E-state index in [-0.39, 0.29) is 0 Å². The Labute approximate surface area is 89.3 Å². The minimum absolute atomic E-state index is 0.367. The Morgan fingerprint density at radius 2 is 1.71 bits per heavy atom. The van der Waals surface area contributed by atoms with Gasteiger partial charge in [0.2, 0.25) is 0 Å². The third-order valence-electron chi connectivity index (χ3n) is 2.94. The summed E-state index contributed by atoms with van der Waals surface area (Å²) in [5, 5.41) is 9.12. The number of hydrogen-bond donors (Lipinski definition) is 1. The normalized spacial score (nSPS) is 13.5. The fourth-order valence-electron chi connectivity index (χ4n) is 1.88. The van der Waals surface area contributed by atoms with Crippen molar-refractivity contribution in [3.63, 3.8) is 0 Å². The molecule has 1 N–H and O–H groups in total. The molecule has 0 aromatic carbocycles. The molecule has 2 nitrogen and oxygen atoms in total. The lowest BCUT2D eigenvalue weighted by atomic mass is 9.99. The summed E-state index contributed by atoms with van der Waals surface area (Å²) >= 11 is 0. The molecule has 0 saturated carbocycles. The quantitative estimate of drug-likeness (QED) is 0.619. The summed E-state index contributed by atoms with van der Waals surface area (Å²) < 4.78 is 0. The average molecular weight is 201 g/mol. The van der Waals surface area contributed by atoms with Crippen LogP contribution in [0.2, 0.25) is 0 Å². The van der Waals surface area contributed by atoms with Crippen molar-refractivity contribution in [2.24, 2.45) is 5.92 Å². The minimum Gasteiger partial charge on any atom is -0.396 e. The van der Waals surface area contributed by atoms with Gasteiger partial charge in [-0.1, -0.05) is 27.2 Å². The Hall–Kier alpha value is -0.0800. The second-order valence-electron chi connectivity index (χ2n) is 4.01. The topological polar surface area (TPSA) is 23.5 Å². The predicted octanol–water partition coefficient (Wildman–Crippen LogP) is 2.52. The van der Waals surface area contributed by atoms with Crippen molar-refractivity contribution in [2.75, 3.05) is 26.2 Å². The van der Waals surface area contributed by atoms with Crippen molar-refractivity contribution >= 4 is 0 Å². The van der Waals surface area contributed by atoms with E-state index in [9.17, 15) is 0 Å². The van der Waals surface area contributed by atoms with Gasteiger partial charge in [-0.2, -0.15) is 0 Å². The molecule has 0 heterocycles. The van der Waals surface area contributed by atoms with E-state index in [0.29, 0.717) is 12.5 Å². The van der Waals surface area contributed by atoms with Gasteiger partial charge < -0.3 is 10.0 Å². The first-order chi connectivity index (χ1) is 6.78. The van der Waals surface area contributed by atoms with Crippen LogP contribution in [0.5, 0.6) is 0 Å². The van der Waals surface area contributed by atoms with Crippen LogP contribution in [0.3, 0.4) is 0 Å². The lowest BCUT2D eigenvalue weighted by Crippen LogP contribution is -2.24. The second kappa shape index (κ2) is 9.47. The average Bonchev–Trinajstić information content (AvgIpc) is 2.23. The van der Waals surface area contributed by atoms with Gasteiger partial charge in [0, 0.05) is 6.61 Å². The Morgan fingerprint density at radius 3 is 2.14 bits per heavy atom. The van der Waals surface area contributed by atoms with Gasteiger partial charge in [-0.15, -0.1) is 0 Å². The summed E-state index contributed by atoms with van der Waals surface area (Å²) in [6.07, 6.45) is 4.78. The molecular weight excluding hydrogens is 174 g/mol. The molecule has 1 atom stereocenters. The first-order valence-electron chi connectivity index (χ1n) is 6.11. The van der Waals surface area contributed by atoms with Crippen molar-refractivity contribution in [1.29, 1.82) is 0 Å². The molecule has 0 aromatic rings. The molecule has 0 amide bonds. The van der Waals surface area contributed by atoms with Crippen molar-refractivity contribution in [2.45, 2.75) is 46.5 Å². The molecule has 0 saturated heterocycles. The van der Waals surface area contributed by atoms with Gasteiger partial charge >= 0.3 is 0 Å². The Bertz CT molecular complexity index is 113. The van der Waals surface area contributed by atoms with Gasteiger partial charge in [0.05, 0.1) is 0 Å². The van der Waals surface area contributed by atoms with Crippen molar-refractivity contribution in [3.05, 3.63) is 0 Å². The largest absolute Gasteiger partial charge is 0.396 e. The zero-order valence-corrected chi connectivity index (χ0v) is 10.1. The standard InChI is InChI=1S/C12H27NO/c1-4-8-12(11-14)9-7-10-13(5-2)6-3/h12,14H,4-11H2,1-3H3/t12-/m1/s1. The Morgan fingerprint density at radius 1 is 1.07 bits per heavy atom. The van der Waals surface area contributed by atoms with Crippen LogP contribution < -0.4 is 0 Å². The SMILES string of the molecule is CCC[C@@H](CO)CCCN(CC)CC. The Kier molecular flexibility index (Phi) is 9.42. The molecule has 0 aliphatic heterocycles. The zero-order valence-electron chi connectivity index (χ0n) is 10.1. The van der Waals surface area contributed by atoms with Crippen LogP contribution in [0.15, 0.2) is 0 Å². The monoisotopic (exact) mass is 201 g/mol. The maximum absolute atomic E-state index is 9.12. The van der Waals surface area contributed by atoms with Crippen LogP contribution in [-0.2, 0) is 0 Å². The van der Waals surface area contributed by atoms with E-state index in [4.69, 9.17) is 5.11 Å². The predicted molar refractivity (Wildman–Crippen MR) is 62.5 cm³/mol. The number of aliphatic hydroxyl groups is 1. The van der Waals surface area contributed by atoms with E-state index in [1.54, 1.807) is 0 Å². The van der Waals surface area contributed by atoms with Crippen molar-refractivity contribution in [3.8, 4) is 0 Å². The molecule has 0 fully saturated rings. The van der Waals surface area contributed by atoms with E-state index in [2.05, 4.69) is 25.7 Å². The van der Waals surface area contributed by atoms with Crippen molar-refractivity contribution in [1.82, 2.24) is 4.90 Å². The molecule has 0 aliphatic rings. The van der Waals surface area contributed by atoms with Gasteiger partial charge in [0.15, 0.2) is 0 Å². The van der Waals surface area contributed by atoms with Gasteiger partial charge in [0.25, 0.3) is 0 Å². The number of aliphatic hydroxyl groups excluding tert-OH is 1. The number of hydrogen-bond acceptors (Lipinski definition) is 2. The zero-order chi connectivity index (χ0) is 10.8. The van der Waals surface area contributed by atoms with Gasteiger partial charge in [-0.3, -0.25) is 0 Å². The first kappa shape index (κ1) is 13.9. The third-order valence-corrected chi connectivity index (χ3v) is 2.94. The lowest BCUT2D eigenvalue weighted by Gasteiger charge is -2.19. The van der Waals surface area contributed by atoms with E-state index in [1.807, 2.05) is 0 Å². The maximum Gasteiger partial charge on any atom is 0.0459 e. The lowest BCUT2D eigenvalue weighted by molar-refractivity contribution is 0.199. The van der Waals surface area contributed by atoms with Crippen LogP contribution in [0.25, 0.3) is 0 Å². The number of rotatable bonds is 9. The molecule has 14 heavy (non-hydrogen) atoms. The molecule has 0 aliphatic carbocycles. The summed E-state index contributed by atoms with van der Waals surface area (Å²) in [6, 6.07) is 0. The van der Waals surface area contributed by atoms with Crippen LogP contribution in [-0.4, -0.2) is 36.2 Å². The first-order valence-corrected chi connectivity index (χ1v) is 6.11. The highest BCUT2D eigenvalue weighted by atomic mass is 16.3. The molecule has 0 spiro atoms. The van der Waals surface area contributed by atoms with E-state index >= 15 is 0 Å². The van der Waals surface area contributed by atoms with Gasteiger partial charge in [-0.05, 0) is 44.8 Å². The highest BCUT2D eigenvalue weighted by Crippen LogP contribution is 2.12. The maximum atomic E-state index is 9.12. The van der Waals surface area contributed by atoms with E-state index in [0.717, 1.165) is 13.1 Å². The molecule has 0 rings (SSSR count). The molecule has 86 valence electrons. The molecular formula is C12H27NO. The van der Waals surface area contributed by atoms with Gasteiger partial charge in [-0.25, -0.2) is 0 Å². The summed E-state index contributed by atoms with van der Waals surface area (Å²) in [7, 11) is 0. The molecule has 0 unspecified atom stereocenters. The van der Waals surface area contributed by atoms with Crippen LogP contribution in [0, 0.1) is 5.92 Å². The summed E-state index contributed by atoms with van der Waals surface area (Å²) in [5.74, 6) is 0.538. The number of nitrogens with zero attached hydrogens (tertiary/aromatic N) is 1. The second-order valence-corrected chi connectivity index (χ2v) is 4.01. The van der Waals surface area contributed by atoms with Gasteiger partial charge in [0.1, 0.15) is 0 Å². The highest BCUT2D eigenvalue weighted by molar-refractivity contribution is 4.60. The Balaban J connectivity index is 3.48. The minimum atomic E-state index is 0.367. The van der Waals surface area contributed by atoms with Crippen molar-refractivity contribution < 1.29 is 5.11 Å². The molecule has 0 aromatic heterocycles. The molecule has 0 radical (unpaired) electrons. The third kappa shape index (κ3) is 6.39. The smallest absolute Gasteiger partial charge is 0.0459 e. The van der Waals surface area contributed by atoms with Crippen LogP contribution >= 0.6 is 0 Å². The highest BCUT2D eigenvalue weighted by Gasteiger charge is 2.06. The van der Waals surface area contributed by atoms with Crippen LogP contribution in [0.1, 0.15) is 46.5 Å². The summed E-state index contributed by atoms with van der Waals surface area (Å²) in [5.41, 5.74) is 0. The van der Waals surface area contributed by atoms with Crippen LogP contribution in [0.4, 0.5) is 0 Å². The molecule has 2 heteroatoms. The fourth-order valence-corrected chi connectivity index (χ4v) is 1.88. The molecule has 0 bridgehead atoms. The van der Waals surface area contributed by atoms with E-state index in [1.165, 1.54) is 32.2 Å². The van der Waals surface area contributed by atoms with E-state index < -0.39 is 0 Å².